The maximum absolute atomic E-state index is 12.3. The summed E-state index contributed by atoms with van der Waals surface area (Å²) in [4.78, 5) is 13.4. The second kappa shape index (κ2) is 4.89. The average molecular weight is 274 g/mol. The van der Waals surface area contributed by atoms with E-state index in [1.54, 1.807) is 17.8 Å². The Morgan fingerprint density at radius 3 is 2.63 bits per heavy atom. The quantitative estimate of drug-likeness (QED) is 0.645. The number of benzene rings is 1. The molecule has 0 spiro atoms. The molecule has 1 aliphatic rings. The zero-order valence-corrected chi connectivity index (χ0v) is 12.3. The first-order chi connectivity index (χ1) is 8.78. The largest absolute Gasteiger partial charge is 0.508 e. The first-order valence-corrected chi connectivity index (χ1v) is 7.04. The molecular weight excluding hydrogens is 256 g/mol. The van der Waals surface area contributed by atoms with Crippen LogP contribution in [0.5, 0.6) is 0 Å². The van der Waals surface area contributed by atoms with Gasteiger partial charge in [-0.25, -0.2) is 0 Å². The van der Waals surface area contributed by atoms with Gasteiger partial charge in [0.2, 0.25) is 0 Å². The van der Waals surface area contributed by atoms with E-state index in [0.717, 1.165) is 10.5 Å². The minimum Gasteiger partial charge on any atom is -0.508 e. The van der Waals surface area contributed by atoms with Gasteiger partial charge in [0.25, 0.3) is 0 Å². The van der Waals surface area contributed by atoms with Gasteiger partial charge in [0.1, 0.15) is 5.76 Å². The fourth-order valence-electron chi connectivity index (χ4n) is 2.06. The van der Waals surface area contributed by atoms with Crippen LogP contribution in [0.1, 0.15) is 36.7 Å². The lowest BCUT2D eigenvalue weighted by Gasteiger charge is -2.20. The van der Waals surface area contributed by atoms with E-state index < -0.39 is 0 Å². The molecular formula is C16H18O2S. The van der Waals surface area contributed by atoms with Gasteiger partial charge in [-0.1, -0.05) is 39.5 Å². The number of fused-ring (bicyclic) bond motifs is 1. The van der Waals surface area contributed by atoms with Gasteiger partial charge in [0.05, 0.1) is 5.57 Å². The van der Waals surface area contributed by atoms with Gasteiger partial charge in [0.15, 0.2) is 5.78 Å². The number of hydrogen-bond acceptors (Lipinski definition) is 3. The van der Waals surface area contributed by atoms with Crippen molar-refractivity contribution in [3.05, 3.63) is 53.3 Å². The lowest BCUT2D eigenvalue weighted by molar-refractivity contribution is 0.102. The van der Waals surface area contributed by atoms with Gasteiger partial charge in [-0.15, -0.1) is 11.8 Å². The lowest BCUT2D eigenvalue weighted by Crippen LogP contribution is -2.14. The molecule has 2 nitrogen and oxygen atoms in total. The molecule has 3 heteroatoms. The summed E-state index contributed by atoms with van der Waals surface area (Å²) in [6, 6.07) is 5.97. The summed E-state index contributed by atoms with van der Waals surface area (Å²) in [6.07, 6.45) is 2.40. The highest BCUT2D eigenvalue weighted by molar-refractivity contribution is 8.00. The smallest absolute Gasteiger partial charge is 0.196 e. The summed E-state index contributed by atoms with van der Waals surface area (Å²) < 4.78 is 0.102. The maximum atomic E-state index is 12.3. The van der Waals surface area contributed by atoms with Crippen LogP contribution in [0.2, 0.25) is 0 Å². The zero-order valence-electron chi connectivity index (χ0n) is 11.5. The van der Waals surface area contributed by atoms with Gasteiger partial charge in [0, 0.05) is 15.2 Å². The predicted molar refractivity (Wildman–Crippen MR) is 79.9 cm³/mol. The molecule has 1 aromatic carbocycles. The van der Waals surface area contributed by atoms with Crippen LogP contribution in [0.25, 0.3) is 0 Å². The van der Waals surface area contributed by atoms with Crippen LogP contribution in [0.3, 0.4) is 0 Å². The van der Waals surface area contributed by atoms with Crippen LogP contribution in [0.15, 0.2) is 47.1 Å². The normalized spacial score (nSPS) is 14.9. The molecule has 0 atom stereocenters. The van der Waals surface area contributed by atoms with Crippen molar-refractivity contribution >= 4 is 17.5 Å². The molecule has 0 saturated heterocycles. The number of thioether (sulfide) groups is 1. The Morgan fingerprint density at radius 2 is 2.05 bits per heavy atom. The molecule has 1 aliphatic carbocycles. The summed E-state index contributed by atoms with van der Waals surface area (Å²) in [5.74, 6) is -0.283. The second-order valence-corrected chi connectivity index (χ2v) is 7.53. The summed E-state index contributed by atoms with van der Waals surface area (Å²) in [5.41, 5.74) is 2.01. The van der Waals surface area contributed by atoms with Gasteiger partial charge in [-0.2, -0.15) is 0 Å². The van der Waals surface area contributed by atoms with Crippen LogP contribution in [-0.2, 0) is 6.42 Å². The molecule has 19 heavy (non-hydrogen) atoms. The number of carbonyl (C=O) groups is 1. The maximum Gasteiger partial charge on any atom is 0.196 e. The van der Waals surface area contributed by atoms with E-state index in [2.05, 4.69) is 33.4 Å². The summed E-state index contributed by atoms with van der Waals surface area (Å²) in [7, 11) is 0. The number of allylic oxidation sites excluding steroid dienone is 2. The van der Waals surface area contributed by atoms with E-state index in [-0.39, 0.29) is 16.3 Å². The highest BCUT2D eigenvalue weighted by atomic mass is 32.2. The summed E-state index contributed by atoms with van der Waals surface area (Å²) in [6.45, 7) is 9.86. The molecule has 0 unspecified atom stereocenters. The van der Waals surface area contributed by atoms with Crippen molar-refractivity contribution in [2.24, 2.45) is 0 Å². The Hall–Kier alpha value is -1.48. The number of hydrogen-bond donors (Lipinski definition) is 1. The van der Waals surface area contributed by atoms with Gasteiger partial charge < -0.3 is 5.11 Å². The number of aliphatic hydroxyl groups is 1. The van der Waals surface area contributed by atoms with Crippen molar-refractivity contribution in [2.75, 3.05) is 0 Å². The fraction of sp³-hybridized carbons (Fsp3) is 0.312. The van der Waals surface area contributed by atoms with Crippen molar-refractivity contribution in [3.63, 3.8) is 0 Å². The van der Waals surface area contributed by atoms with E-state index >= 15 is 0 Å². The number of aliphatic hydroxyl groups excluding tert-OH is 1. The van der Waals surface area contributed by atoms with E-state index in [1.807, 2.05) is 12.1 Å². The molecule has 1 N–H and O–H groups in total. The lowest BCUT2D eigenvalue weighted by atomic mass is 9.90. The van der Waals surface area contributed by atoms with Gasteiger partial charge in [-0.05, 0) is 24.1 Å². The second-order valence-electron chi connectivity index (χ2n) is 5.63. The van der Waals surface area contributed by atoms with Crippen molar-refractivity contribution in [1.29, 1.82) is 0 Å². The Bertz CT molecular complexity index is 577. The highest BCUT2D eigenvalue weighted by Gasteiger charge is 2.23. The highest BCUT2D eigenvalue weighted by Crippen LogP contribution is 2.34. The predicted octanol–water partition coefficient (Wildman–Crippen LogP) is 4.31. The molecule has 100 valence electrons. The Kier molecular flexibility index (Phi) is 3.59. The SMILES string of the molecule is C=C(O)C1=CCc2ccc(SC(C)(C)C)cc2C1=O. The fourth-order valence-corrected chi connectivity index (χ4v) is 3.08. The number of ketones is 1. The van der Waals surface area contributed by atoms with Crippen molar-refractivity contribution in [3.8, 4) is 0 Å². The third-order valence-corrected chi connectivity index (χ3v) is 3.93. The molecule has 0 aliphatic heterocycles. The number of rotatable bonds is 2. The third kappa shape index (κ3) is 3.10. The standard InChI is InChI=1S/C16H18O2S/c1-10(17)13-8-6-11-5-7-12(19-16(2,3)4)9-14(11)15(13)18/h5,7-9,17H,1,6H2,2-4H3. The molecule has 2 rings (SSSR count). The van der Waals surface area contributed by atoms with E-state index in [9.17, 15) is 9.90 Å². The molecule has 0 radical (unpaired) electrons. The Morgan fingerprint density at radius 1 is 1.37 bits per heavy atom. The summed E-state index contributed by atoms with van der Waals surface area (Å²) in [5, 5.41) is 9.44. The van der Waals surface area contributed by atoms with E-state index in [0.29, 0.717) is 17.6 Å². The molecule has 0 amide bonds. The molecule has 0 bridgehead atoms. The minimum absolute atomic E-state index is 0.102. The topological polar surface area (TPSA) is 37.3 Å². The van der Waals surface area contributed by atoms with Crippen LogP contribution in [0, 0.1) is 0 Å². The van der Waals surface area contributed by atoms with Crippen LogP contribution in [-0.4, -0.2) is 15.6 Å². The van der Waals surface area contributed by atoms with Crippen molar-refractivity contribution in [2.45, 2.75) is 36.8 Å². The number of Topliss-reactive ketones (excluding diaryl/α,β-unsaturated/α-hetero) is 1. The monoisotopic (exact) mass is 274 g/mol. The minimum atomic E-state index is -0.149. The average Bonchev–Trinajstić information content (AvgIpc) is 2.27. The molecule has 0 fully saturated rings. The first kappa shape index (κ1) is 13.9. The first-order valence-electron chi connectivity index (χ1n) is 6.23. The van der Waals surface area contributed by atoms with Crippen LogP contribution >= 0.6 is 11.8 Å². The van der Waals surface area contributed by atoms with Gasteiger partial charge in [-0.3, -0.25) is 4.79 Å². The Labute approximate surface area is 118 Å². The van der Waals surface area contributed by atoms with E-state index in [4.69, 9.17) is 0 Å². The zero-order chi connectivity index (χ0) is 14.2. The molecule has 0 aromatic heterocycles. The molecule has 0 saturated carbocycles. The van der Waals surface area contributed by atoms with E-state index in [1.165, 1.54) is 0 Å². The molecule has 0 heterocycles. The van der Waals surface area contributed by atoms with Gasteiger partial charge >= 0.3 is 0 Å². The molecule has 1 aromatic rings. The van der Waals surface area contributed by atoms with Crippen LogP contribution < -0.4 is 0 Å². The number of carbonyl (C=O) groups excluding carboxylic acids is 1. The third-order valence-electron chi connectivity index (χ3n) is 2.83. The van der Waals surface area contributed by atoms with Crippen molar-refractivity contribution < 1.29 is 9.90 Å². The van der Waals surface area contributed by atoms with Crippen LogP contribution in [0.4, 0.5) is 0 Å². The van der Waals surface area contributed by atoms with Crippen molar-refractivity contribution in [1.82, 2.24) is 0 Å². The summed E-state index contributed by atoms with van der Waals surface area (Å²) >= 11 is 1.73. The Balaban J connectivity index is 2.37.